The molecule has 0 aliphatic heterocycles. The molecule has 1 aromatic carbocycles. The Labute approximate surface area is 125 Å². The molecule has 2 aromatic rings. The Morgan fingerprint density at radius 2 is 2.00 bits per heavy atom. The van der Waals surface area contributed by atoms with E-state index < -0.39 is 0 Å². The first-order valence-corrected chi connectivity index (χ1v) is 7.10. The number of hydrogen-bond acceptors (Lipinski definition) is 4. The summed E-state index contributed by atoms with van der Waals surface area (Å²) in [6.07, 6.45) is 0. The topological polar surface area (TPSA) is 64.1 Å². The van der Waals surface area contributed by atoms with Gasteiger partial charge < -0.3 is 4.74 Å². The van der Waals surface area contributed by atoms with Crippen LogP contribution < -0.4 is 10.1 Å². The first kappa shape index (κ1) is 14.5. The molecule has 0 saturated heterocycles. The Kier molecular flexibility index (Phi) is 4.68. The summed E-state index contributed by atoms with van der Waals surface area (Å²) < 4.78 is 5.05. The molecule has 6 heteroatoms. The Morgan fingerprint density at radius 1 is 1.30 bits per heavy atom. The number of alkyl halides is 1. The number of aryl methyl sites for hydroxylation is 1. The highest BCUT2D eigenvalue weighted by Crippen LogP contribution is 2.13. The number of methoxy groups -OCH3 is 1. The molecule has 0 unspecified atom stereocenters. The van der Waals surface area contributed by atoms with Gasteiger partial charge in [0.05, 0.1) is 7.11 Å². The van der Waals surface area contributed by atoms with E-state index in [1.807, 2.05) is 19.1 Å². The van der Waals surface area contributed by atoms with E-state index >= 15 is 0 Å². The standard InChI is InChI=1S/C14H14BrN3O2/c1-9-7-12(20-2)17-14(16-9)18-13(19)11-5-3-10(8-15)4-6-11/h3-7H,8H2,1-2H3,(H,16,17,18,19). The zero-order valence-electron chi connectivity index (χ0n) is 11.2. The third-order valence-electron chi connectivity index (χ3n) is 2.64. The van der Waals surface area contributed by atoms with Crippen molar-refractivity contribution in [2.45, 2.75) is 12.3 Å². The summed E-state index contributed by atoms with van der Waals surface area (Å²) in [7, 11) is 1.52. The number of benzene rings is 1. The van der Waals surface area contributed by atoms with Crippen LogP contribution in [-0.4, -0.2) is 23.0 Å². The fourth-order valence-corrected chi connectivity index (χ4v) is 1.99. The van der Waals surface area contributed by atoms with Crippen molar-refractivity contribution in [3.05, 3.63) is 47.2 Å². The monoisotopic (exact) mass is 335 g/mol. The number of carbonyl (C=O) groups is 1. The van der Waals surface area contributed by atoms with E-state index in [2.05, 4.69) is 31.2 Å². The van der Waals surface area contributed by atoms with Crippen LogP contribution in [0.5, 0.6) is 5.88 Å². The van der Waals surface area contributed by atoms with Crippen molar-refractivity contribution in [1.29, 1.82) is 0 Å². The van der Waals surface area contributed by atoms with Gasteiger partial charge in [0.2, 0.25) is 11.8 Å². The van der Waals surface area contributed by atoms with E-state index in [1.165, 1.54) is 7.11 Å². The van der Waals surface area contributed by atoms with Crippen molar-refractivity contribution in [1.82, 2.24) is 9.97 Å². The Bertz CT molecular complexity index is 614. The summed E-state index contributed by atoms with van der Waals surface area (Å²) >= 11 is 3.36. The maximum atomic E-state index is 12.1. The number of rotatable bonds is 4. The fraction of sp³-hybridized carbons (Fsp3) is 0.214. The lowest BCUT2D eigenvalue weighted by Crippen LogP contribution is -2.14. The number of ether oxygens (including phenoxy) is 1. The Morgan fingerprint density at radius 3 is 2.60 bits per heavy atom. The number of amides is 1. The molecule has 0 aliphatic carbocycles. The lowest BCUT2D eigenvalue weighted by atomic mass is 10.1. The summed E-state index contributed by atoms with van der Waals surface area (Å²) in [6, 6.07) is 9.00. The second kappa shape index (κ2) is 6.47. The van der Waals surface area contributed by atoms with E-state index in [9.17, 15) is 4.79 Å². The predicted molar refractivity (Wildman–Crippen MR) is 80.3 cm³/mol. The smallest absolute Gasteiger partial charge is 0.258 e. The van der Waals surface area contributed by atoms with E-state index in [0.29, 0.717) is 11.4 Å². The average Bonchev–Trinajstić information content (AvgIpc) is 2.46. The van der Waals surface area contributed by atoms with Gasteiger partial charge in [-0.1, -0.05) is 28.1 Å². The van der Waals surface area contributed by atoms with Gasteiger partial charge in [-0.25, -0.2) is 4.98 Å². The Balaban J connectivity index is 2.16. The van der Waals surface area contributed by atoms with Crippen molar-refractivity contribution in [3.8, 4) is 5.88 Å². The van der Waals surface area contributed by atoms with Crippen LogP contribution in [0.4, 0.5) is 5.95 Å². The number of hydrogen-bond donors (Lipinski definition) is 1. The van der Waals surface area contributed by atoms with Gasteiger partial charge in [-0.2, -0.15) is 4.98 Å². The summed E-state index contributed by atoms with van der Waals surface area (Å²) in [4.78, 5) is 20.3. The van der Waals surface area contributed by atoms with Crippen molar-refractivity contribution in [3.63, 3.8) is 0 Å². The van der Waals surface area contributed by atoms with Gasteiger partial charge in [0, 0.05) is 22.7 Å². The molecule has 0 spiro atoms. The summed E-state index contributed by atoms with van der Waals surface area (Å²) in [5, 5.41) is 3.42. The van der Waals surface area contributed by atoms with Gasteiger partial charge in [-0.3, -0.25) is 10.1 Å². The fourth-order valence-electron chi connectivity index (χ4n) is 1.62. The highest BCUT2D eigenvalue weighted by molar-refractivity contribution is 9.08. The number of carbonyl (C=O) groups excluding carboxylic acids is 1. The molecule has 0 bridgehead atoms. The lowest BCUT2D eigenvalue weighted by Gasteiger charge is -2.07. The third kappa shape index (κ3) is 3.54. The summed E-state index contributed by atoms with van der Waals surface area (Å²) in [5.41, 5.74) is 2.38. The van der Waals surface area contributed by atoms with Crippen LogP contribution in [0.25, 0.3) is 0 Å². The van der Waals surface area contributed by atoms with E-state index in [-0.39, 0.29) is 11.9 Å². The zero-order valence-corrected chi connectivity index (χ0v) is 12.8. The average molecular weight is 336 g/mol. The van der Waals surface area contributed by atoms with Crippen molar-refractivity contribution in [2.75, 3.05) is 12.4 Å². The number of nitrogens with zero attached hydrogens (tertiary/aromatic N) is 2. The molecular weight excluding hydrogens is 322 g/mol. The molecule has 20 heavy (non-hydrogen) atoms. The largest absolute Gasteiger partial charge is 0.481 e. The molecular formula is C14H14BrN3O2. The van der Waals surface area contributed by atoms with Crippen LogP contribution in [0, 0.1) is 6.92 Å². The minimum Gasteiger partial charge on any atom is -0.481 e. The van der Waals surface area contributed by atoms with Crippen LogP contribution in [0.2, 0.25) is 0 Å². The quantitative estimate of drug-likeness (QED) is 0.872. The predicted octanol–water partition coefficient (Wildman–Crippen LogP) is 2.94. The first-order chi connectivity index (χ1) is 9.62. The van der Waals surface area contributed by atoms with Crippen LogP contribution in [0.3, 0.4) is 0 Å². The molecule has 1 N–H and O–H groups in total. The van der Waals surface area contributed by atoms with Crippen LogP contribution in [0.15, 0.2) is 30.3 Å². The maximum Gasteiger partial charge on any atom is 0.258 e. The molecule has 1 aromatic heterocycles. The molecule has 0 saturated carbocycles. The van der Waals surface area contributed by atoms with Gasteiger partial charge in [0.25, 0.3) is 5.91 Å². The van der Waals surface area contributed by atoms with E-state index in [0.717, 1.165) is 16.6 Å². The van der Waals surface area contributed by atoms with Crippen molar-refractivity contribution >= 4 is 27.8 Å². The highest BCUT2D eigenvalue weighted by atomic mass is 79.9. The van der Waals surface area contributed by atoms with Crippen molar-refractivity contribution in [2.24, 2.45) is 0 Å². The van der Waals surface area contributed by atoms with E-state index in [1.54, 1.807) is 18.2 Å². The summed E-state index contributed by atoms with van der Waals surface area (Å²) in [6.45, 7) is 1.81. The number of halogens is 1. The molecule has 0 atom stereocenters. The van der Waals surface area contributed by atoms with Gasteiger partial charge >= 0.3 is 0 Å². The van der Waals surface area contributed by atoms with Crippen LogP contribution in [-0.2, 0) is 5.33 Å². The van der Waals surface area contributed by atoms with Crippen LogP contribution >= 0.6 is 15.9 Å². The normalized spacial score (nSPS) is 10.2. The number of aromatic nitrogens is 2. The number of nitrogens with one attached hydrogen (secondary N) is 1. The highest BCUT2D eigenvalue weighted by Gasteiger charge is 2.09. The molecule has 2 rings (SSSR count). The molecule has 104 valence electrons. The van der Waals surface area contributed by atoms with Gasteiger partial charge in [0.1, 0.15) is 0 Å². The molecule has 0 aliphatic rings. The SMILES string of the molecule is COc1cc(C)nc(NC(=O)c2ccc(CBr)cc2)n1. The molecule has 0 radical (unpaired) electrons. The third-order valence-corrected chi connectivity index (χ3v) is 3.28. The molecule has 1 heterocycles. The summed E-state index contributed by atoms with van der Waals surface area (Å²) in [5.74, 6) is 0.401. The minimum absolute atomic E-state index is 0.233. The van der Waals surface area contributed by atoms with Gasteiger partial charge in [0.15, 0.2) is 0 Å². The lowest BCUT2D eigenvalue weighted by molar-refractivity contribution is 0.102. The number of anilines is 1. The molecule has 0 fully saturated rings. The molecule has 5 nitrogen and oxygen atoms in total. The second-order valence-corrected chi connectivity index (χ2v) is 4.72. The van der Waals surface area contributed by atoms with Gasteiger partial charge in [-0.05, 0) is 24.6 Å². The maximum absolute atomic E-state index is 12.1. The Hall–Kier alpha value is -1.95. The minimum atomic E-state index is -0.251. The van der Waals surface area contributed by atoms with Gasteiger partial charge in [-0.15, -0.1) is 0 Å². The second-order valence-electron chi connectivity index (χ2n) is 4.16. The van der Waals surface area contributed by atoms with Crippen LogP contribution in [0.1, 0.15) is 21.6 Å². The molecule has 1 amide bonds. The zero-order chi connectivity index (χ0) is 14.5. The van der Waals surface area contributed by atoms with E-state index in [4.69, 9.17) is 4.74 Å². The first-order valence-electron chi connectivity index (χ1n) is 5.98. The van der Waals surface area contributed by atoms with Crippen molar-refractivity contribution < 1.29 is 9.53 Å².